The van der Waals surface area contributed by atoms with Gasteiger partial charge in [0.1, 0.15) is 5.70 Å². The molecule has 1 atom stereocenters. The summed E-state index contributed by atoms with van der Waals surface area (Å²) in [7, 11) is 0. The first-order chi connectivity index (χ1) is 19.7. The van der Waals surface area contributed by atoms with Crippen LogP contribution in [0.3, 0.4) is 0 Å². The minimum Gasteiger partial charge on any atom is -0.324 e. The van der Waals surface area contributed by atoms with Gasteiger partial charge in [-0.1, -0.05) is 77.3 Å². The number of aryl methyl sites for hydroxylation is 1. The average Bonchev–Trinajstić information content (AvgIpc) is 2.96. The van der Waals surface area contributed by atoms with Crippen molar-refractivity contribution < 1.29 is 14.4 Å². The molecule has 0 bridgehead atoms. The first kappa shape index (κ1) is 29.9. The molecule has 3 N–H and O–H groups in total. The third-order valence-electron chi connectivity index (χ3n) is 5.89. The molecule has 0 radical (unpaired) electrons. The lowest BCUT2D eigenvalue weighted by molar-refractivity contribution is -0.115. The Kier molecular flexibility index (Phi) is 10.2. The van der Waals surface area contributed by atoms with Crippen LogP contribution in [0.2, 0.25) is 10.0 Å². The molecule has 0 saturated carbocycles. The number of hydrogen-bond acceptors (Lipinski definition) is 4. The summed E-state index contributed by atoms with van der Waals surface area (Å²) in [5.41, 5.74) is 3.33. The van der Waals surface area contributed by atoms with E-state index in [4.69, 9.17) is 23.2 Å². The number of amides is 3. The summed E-state index contributed by atoms with van der Waals surface area (Å²) in [6.07, 6.45) is 1.64. The third-order valence-corrected chi connectivity index (χ3v) is 7.82. The van der Waals surface area contributed by atoms with E-state index in [0.29, 0.717) is 22.0 Å². The first-order valence-corrected chi connectivity index (χ1v) is 14.3. The smallest absolute Gasteiger partial charge is 0.272 e. The molecule has 0 aromatic heterocycles. The predicted octanol–water partition coefficient (Wildman–Crippen LogP) is 7.83. The van der Waals surface area contributed by atoms with Crippen molar-refractivity contribution in [3.63, 3.8) is 0 Å². The van der Waals surface area contributed by atoms with Gasteiger partial charge in [-0.3, -0.25) is 14.4 Å². The van der Waals surface area contributed by atoms with E-state index in [1.165, 1.54) is 11.8 Å². The summed E-state index contributed by atoms with van der Waals surface area (Å²) in [4.78, 5) is 39.6. The summed E-state index contributed by atoms with van der Waals surface area (Å²) in [5.74, 6) is -1.09. The summed E-state index contributed by atoms with van der Waals surface area (Å²) in [5, 5.41) is 8.60. The lowest BCUT2D eigenvalue weighted by Crippen LogP contribution is -2.30. The fourth-order valence-corrected chi connectivity index (χ4v) is 4.99. The van der Waals surface area contributed by atoms with E-state index in [-0.39, 0.29) is 16.6 Å². The number of thioether (sulfide) groups is 1. The monoisotopic (exact) mass is 603 g/mol. The lowest BCUT2D eigenvalue weighted by Gasteiger charge is -2.14. The molecule has 6 nitrogen and oxygen atoms in total. The highest BCUT2D eigenvalue weighted by molar-refractivity contribution is 8.00. The Hall–Kier alpha value is -4.04. The summed E-state index contributed by atoms with van der Waals surface area (Å²) in [6.45, 7) is 3.74. The van der Waals surface area contributed by atoms with E-state index in [1.54, 1.807) is 67.6 Å². The molecule has 4 rings (SSSR count). The van der Waals surface area contributed by atoms with Crippen LogP contribution in [0, 0.1) is 6.92 Å². The Morgan fingerprint density at radius 2 is 1.54 bits per heavy atom. The largest absolute Gasteiger partial charge is 0.324 e. The molecule has 4 aromatic rings. The van der Waals surface area contributed by atoms with Crippen LogP contribution < -0.4 is 16.0 Å². The fourth-order valence-electron chi connectivity index (χ4n) is 3.78. The van der Waals surface area contributed by atoms with Crippen molar-refractivity contribution in [1.29, 1.82) is 0 Å². The zero-order valence-corrected chi connectivity index (χ0v) is 24.6. The van der Waals surface area contributed by atoms with Crippen LogP contribution in [-0.4, -0.2) is 23.0 Å². The molecule has 208 valence electrons. The second kappa shape index (κ2) is 14.0. The van der Waals surface area contributed by atoms with Crippen molar-refractivity contribution in [2.45, 2.75) is 24.0 Å². The molecule has 4 aromatic carbocycles. The van der Waals surface area contributed by atoms with Crippen LogP contribution in [0.15, 0.2) is 108 Å². The van der Waals surface area contributed by atoms with Gasteiger partial charge in [0.25, 0.3) is 11.8 Å². The topological polar surface area (TPSA) is 87.3 Å². The minimum atomic E-state index is -0.470. The normalized spacial score (nSPS) is 11.9. The molecule has 3 amide bonds. The van der Waals surface area contributed by atoms with Crippen LogP contribution >= 0.6 is 35.0 Å². The van der Waals surface area contributed by atoms with Crippen LogP contribution in [0.25, 0.3) is 6.08 Å². The van der Waals surface area contributed by atoms with Crippen molar-refractivity contribution in [3.8, 4) is 0 Å². The van der Waals surface area contributed by atoms with Gasteiger partial charge in [0.15, 0.2) is 0 Å². The standard InChI is InChI=1S/C32H27Cl2N3O3S/c1-20-8-6-9-22(18-20)19-28(37-31(39)23-10-4-3-5-11-23)32(40)35-24-14-16-25(17-15-24)41-21(2)30(38)36-27-13-7-12-26(33)29(27)34/h3-19,21H,1-2H3,(H,35,40)(H,36,38)(H,37,39)/b28-19-. The molecular weight excluding hydrogens is 577 g/mol. The third kappa shape index (κ3) is 8.47. The molecule has 9 heteroatoms. The number of benzene rings is 4. The molecule has 41 heavy (non-hydrogen) atoms. The predicted molar refractivity (Wildman–Crippen MR) is 169 cm³/mol. The molecule has 0 heterocycles. The Bertz CT molecular complexity index is 1590. The number of carbonyl (C=O) groups is 3. The molecule has 0 aliphatic rings. The van der Waals surface area contributed by atoms with E-state index in [9.17, 15) is 14.4 Å². The van der Waals surface area contributed by atoms with Crippen molar-refractivity contribution in [2.24, 2.45) is 0 Å². The van der Waals surface area contributed by atoms with Gasteiger partial charge in [-0.25, -0.2) is 0 Å². The SMILES string of the molecule is Cc1cccc(/C=C(\NC(=O)c2ccccc2)C(=O)Nc2ccc(SC(C)C(=O)Nc3cccc(Cl)c3Cl)cc2)c1. The van der Waals surface area contributed by atoms with Gasteiger partial charge in [0.05, 0.1) is 21.0 Å². The number of anilines is 2. The highest BCUT2D eigenvalue weighted by Crippen LogP contribution is 2.31. The van der Waals surface area contributed by atoms with Gasteiger partial charge in [-0.2, -0.15) is 0 Å². The number of hydrogen-bond donors (Lipinski definition) is 3. The molecule has 0 aliphatic carbocycles. The molecule has 0 saturated heterocycles. The van der Waals surface area contributed by atoms with Gasteiger partial charge in [-0.05, 0) is 74.0 Å². The van der Waals surface area contributed by atoms with E-state index < -0.39 is 17.1 Å². The summed E-state index contributed by atoms with van der Waals surface area (Å²) < 4.78 is 0. The van der Waals surface area contributed by atoms with E-state index in [2.05, 4.69) is 16.0 Å². The second-order valence-corrected chi connectivity index (χ2v) is 11.3. The lowest BCUT2D eigenvalue weighted by atomic mass is 10.1. The van der Waals surface area contributed by atoms with E-state index in [1.807, 2.05) is 49.4 Å². The van der Waals surface area contributed by atoms with Crippen LogP contribution in [-0.2, 0) is 9.59 Å². The zero-order valence-electron chi connectivity index (χ0n) is 22.3. The van der Waals surface area contributed by atoms with Gasteiger partial charge in [-0.15, -0.1) is 11.8 Å². The van der Waals surface area contributed by atoms with Gasteiger partial charge >= 0.3 is 0 Å². The molecule has 0 spiro atoms. The molecule has 0 aliphatic heterocycles. The van der Waals surface area contributed by atoms with Gasteiger partial charge in [0, 0.05) is 16.1 Å². The van der Waals surface area contributed by atoms with Gasteiger partial charge in [0.2, 0.25) is 5.91 Å². The Morgan fingerprint density at radius 3 is 2.24 bits per heavy atom. The zero-order chi connectivity index (χ0) is 29.4. The van der Waals surface area contributed by atoms with Crippen molar-refractivity contribution in [2.75, 3.05) is 10.6 Å². The van der Waals surface area contributed by atoms with Crippen LogP contribution in [0.1, 0.15) is 28.4 Å². The number of rotatable bonds is 9. The van der Waals surface area contributed by atoms with E-state index >= 15 is 0 Å². The summed E-state index contributed by atoms with van der Waals surface area (Å²) >= 11 is 13.6. The maximum Gasteiger partial charge on any atom is 0.272 e. The maximum atomic E-state index is 13.3. The molecular formula is C32H27Cl2N3O3S. The maximum absolute atomic E-state index is 13.3. The van der Waals surface area contributed by atoms with Crippen LogP contribution in [0.4, 0.5) is 11.4 Å². The number of nitrogens with one attached hydrogen (secondary N) is 3. The molecule has 1 unspecified atom stereocenters. The minimum absolute atomic E-state index is 0.105. The fraction of sp³-hybridized carbons (Fsp3) is 0.0938. The van der Waals surface area contributed by atoms with Crippen molar-refractivity contribution >= 4 is 70.1 Å². The Morgan fingerprint density at radius 1 is 0.829 bits per heavy atom. The quantitative estimate of drug-likeness (QED) is 0.134. The van der Waals surface area contributed by atoms with Crippen molar-refractivity contribution in [3.05, 3.63) is 129 Å². The number of carbonyl (C=O) groups excluding carboxylic acids is 3. The second-order valence-electron chi connectivity index (χ2n) is 9.12. The van der Waals surface area contributed by atoms with Crippen molar-refractivity contribution in [1.82, 2.24) is 5.32 Å². The molecule has 0 fully saturated rings. The Balaban J connectivity index is 1.43. The highest BCUT2D eigenvalue weighted by atomic mass is 35.5. The van der Waals surface area contributed by atoms with Gasteiger partial charge < -0.3 is 16.0 Å². The highest BCUT2D eigenvalue weighted by Gasteiger charge is 2.18. The average molecular weight is 605 g/mol. The van der Waals surface area contributed by atoms with Crippen LogP contribution in [0.5, 0.6) is 0 Å². The Labute approximate surface area is 253 Å². The first-order valence-electron chi connectivity index (χ1n) is 12.7. The summed E-state index contributed by atoms with van der Waals surface area (Å²) in [6, 6.07) is 28.5. The number of halogens is 2. The van der Waals surface area contributed by atoms with E-state index in [0.717, 1.165) is 16.0 Å².